The van der Waals surface area contributed by atoms with E-state index in [4.69, 9.17) is 0 Å². The number of unbranched alkanes of at least 4 members (excludes halogenated alkanes) is 2. The first-order valence-corrected chi connectivity index (χ1v) is 6.24. The Hall–Kier alpha value is -1.44. The molecule has 0 unspecified atom stereocenters. The van der Waals surface area contributed by atoms with E-state index in [0.717, 1.165) is 29.7 Å². The van der Waals surface area contributed by atoms with Gasteiger partial charge in [0.15, 0.2) is 0 Å². The number of anilines is 1. The second kappa shape index (κ2) is 6.33. The number of aromatic hydroxyl groups is 1. The molecule has 0 atom stereocenters. The molecule has 1 aromatic carbocycles. The van der Waals surface area contributed by atoms with E-state index in [9.17, 15) is 5.11 Å². The Labute approximate surface area is 105 Å². The van der Waals surface area contributed by atoms with Gasteiger partial charge in [-0.2, -0.15) is 0 Å². The molecule has 0 amide bonds. The van der Waals surface area contributed by atoms with E-state index in [2.05, 4.69) is 13.5 Å². The van der Waals surface area contributed by atoms with Crippen LogP contribution in [0, 0.1) is 0 Å². The number of hydrogen-bond donors (Lipinski definition) is 1. The molecule has 17 heavy (non-hydrogen) atoms. The van der Waals surface area contributed by atoms with Crippen molar-refractivity contribution in [3.63, 3.8) is 0 Å². The van der Waals surface area contributed by atoms with E-state index in [1.807, 2.05) is 31.1 Å². The molecular formula is C15H23NO. The summed E-state index contributed by atoms with van der Waals surface area (Å²) in [5, 5.41) is 9.98. The number of phenols is 1. The number of benzene rings is 1. The van der Waals surface area contributed by atoms with Gasteiger partial charge in [-0.25, -0.2) is 0 Å². The maximum atomic E-state index is 9.98. The molecule has 0 aliphatic rings. The standard InChI is InChI=1S/C15H23NO/c1-5-6-7-8-12(2)14-10-9-13(16(3)4)11-15(14)17/h9-11,17H,2,5-8H2,1,3-4H3. The fraction of sp³-hybridized carbons (Fsp3) is 0.467. The third kappa shape index (κ3) is 3.81. The summed E-state index contributed by atoms with van der Waals surface area (Å²) in [5.74, 6) is 0.331. The molecule has 0 spiro atoms. The number of hydrogen-bond acceptors (Lipinski definition) is 2. The zero-order chi connectivity index (χ0) is 12.8. The van der Waals surface area contributed by atoms with Crippen molar-refractivity contribution in [1.82, 2.24) is 0 Å². The third-order valence-corrected chi connectivity index (χ3v) is 2.96. The summed E-state index contributed by atoms with van der Waals surface area (Å²) in [7, 11) is 3.93. The molecule has 0 aromatic heterocycles. The van der Waals surface area contributed by atoms with Crippen LogP contribution in [0.1, 0.15) is 38.2 Å². The molecular weight excluding hydrogens is 210 g/mol. The quantitative estimate of drug-likeness (QED) is 0.749. The van der Waals surface area contributed by atoms with E-state index < -0.39 is 0 Å². The van der Waals surface area contributed by atoms with Gasteiger partial charge in [0.2, 0.25) is 0 Å². The Morgan fingerprint density at radius 3 is 2.53 bits per heavy atom. The molecule has 2 heteroatoms. The average molecular weight is 233 g/mol. The second-order valence-electron chi connectivity index (χ2n) is 4.66. The molecule has 0 saturated heterocycles. The van der Waals surface area contributed by atoms with Crippen LogP contribution in [0.15, 0.2) is 24.8 Å². The van der Waals surface area contributed by atoms with Crippen molar-refractivity contribution >= 4 is 11.3 Å². The van der Waals surface area contributed by atoms with E-state index in [0.29, 0.717) is 5.75 Å². The van der Waals surface area contributed by atoms with Crippen LogP contribution in [0.5, 0.6) is 5.75 Å². The van der Waals surface area contributed by atoms with Crippen LogP contribution >= 0.6 is 0 Å². The van der Waals surface area contributed by atoms with Crippen LogP contribution in [0.3, 0.4) is 0 Å². The number of rotatable bonds is 6. The Morgan fingerprint density at radius 1 is 1.29 bits per heavy atom. The maximum absolute atomic E-state index is 9.98. The zero-order valence-electron chi connectivity index (χ0n) is 11.2. The Balaban J connectivity index is 2.74. The molecule has 2 nitrogen and oxygen atoms in total. The van der Waals surface area contributed by atoms with Crippen LogP contribution in [0.4, 0.5) is 5.69 Å². The van der Waals surface area contributed by atoms with Gasteiger partial charge < -0.3 is 10.0 Å². The van der Waals surface area contributed by atoms with E-state index >= 15 is 0 Å². The summed E-state index contributed by atoms with van der Waals surface area (Å²) in [6, 6.07) is 5.76. The Kier molecular flexibility index (Phi) is 5.08. The number of nitrogens with zero attached hydrogens (tertiary/aromatic N) is 1. The molecule has 0 fully saturated rings. The van der Waals surface area contributed by atoms with Crippen LogP contribution in [0.25, 0.3) is 5.57 Å². The van der Waals surface area contributed by atoms with Gasteiger partial charge in [0.1, 0.15) is 5.75 Å². The SMILES string of the molecule is C=C(CCCCC)c1ccc(N(C)C)cc1O. The Bertz CT molecular complexity index is 383. The van der Waals surface area contributed by atoms with Crippen LogP contribution in [0.2, 0.25) is 0 Å². The predicted molar refractivity (Wildman–Crippen MR) is 75.6 cm³/mol. The topological polar surface area (TPSA) is 23.5 Å². The monoisotopic (exact) mass is 233 g/mol. The molecule has 1 rings (SSSR count). The second-order valence-corrected chi connectivity index (χ2v) is 4.66. The molecule has 0 radical (unpaired) electrons. The molecule has 0 aliphatic carbocycles. The molecule has 0 aliphatic heterocycles. The van der Waals surface area contributed by atoms with Gasteiger partial charge in [-0.05, 0) is 30.5 Å². The fourth-order valence-corrected chi connectivity index (χ4v) is 1.82. The summed E-state index contributed by atoms with van der Waals surface area (Å²) in [6.07, 6.45) is 4.53. The van der Waals surface area contributed by atoms with E-state index in [1.54, 1.807) is 6.07 Å². The summed E-state index contributed by atoms with van der Waals surface area (Å²) in [4.78, 5) is 1.98. The molecule has 0 heterocycles. The third-order valence-electron chi connectivity index (χ3n) is 2.96. The Morgan fingerprint density at radius 2 is 2.00 bits per heavy atom. The smallest absolute Gasteiger partial charge is 0.125 e. The van der Waals surface area contributed by atoms with Crippen molar-refractivity contribution in [2.24, 2.45) is 0 Å². The van der Waals surface area contributed by atoms with Gasteiger partial charge in [0.25, 0.3) is 0 Å². The lowest BCUT2D eigenvalue weighted by molar-refractivity contribution is 0.473. The summed E-state index contributed by atoms with van der Waals surface area (Å²) < 4.78 is 0. The van der Waals surface area contributed by atoms with Crippen LogP contribution in [-0.4, -0.2) is 19.2 Å². The highest BCUT2D eigenvalue weighted by Gasteiger charge is 2.07. The lowest BCUT2D eigenvalue weighted by Crippen LogP contribution is -2.08. The van der Waals surface area contributed by atoms with Crippen molar-refractivity contribution in [2.75, 3.05) is 19.0 Å². The van der Waals surface area contributed by atoms with Gasteiger partial charge in [-0.3, -0.25) is 0 Å². The lowest BCUT2D eigenvalue weighted by atomic mass is 10.00. The normalized spacial score (nSPS) is 10.3. The minimum Gasteiger partial charge on any atom is -0.507 e. The van der Waals surface area contributed by atoms with Gasteiger partial charge in [0.05, 0.1) is 0 Å². The van der Waals surface area contributed by atoms with Crippen molar-refractivity contribution in [3.05, 3.63) is 30.3 Å². The minimum absolute atomic E-state index is 0.331. The first kappa shape index (κ1) is 13.6. The van der Waals surface area contributed by atoms with Crippen LogP contribution < -0.4 is 4.90 Å². The van der Waals surface area contributed by atoms with Crippen LogP contribution in [-0.2, 0) is 0 Å². The van der Waals surface area contributed by atoms with Crippen molar-refractivity contribution in [2.45, 2.75) is 32.6 Å². The molecule has 1 N–H and O–H groups in total. The van der Waals surface area contributed by atoms with Gasteiger partial charge in [-0.1, -0.05) is 26.3 Å². The average Bonchev–Trinajstić information content (AvgIpc) is 2.28. The highest BCUT2D eigenvalue weighted by atomic mass is 16.3. The maximum Gasteiger partial charge on any atom is 0.125 e. The predicted octanol–water partition coefficient (Wildman–Crippen LogP) is 4.05. The van der Waals surface area contributed by atoms with E-state index in [-0.39, 0.29) is 0 Å². The number of phenolic OH excluding ortho intramolecular Hbond substituents is 1. The fourth-order valence-electron chi connectivity index (χ4n) is 1.82. The summed E-state index contributed by atoms with van der Waals surface area (Å²) in [5.41, 5.74) is 2.92. The van der Waals surface area contributed by atoms with Crippen molar-refractivity contribution in [3.8, 4) is 5.75 Å². The van der Waals surface area contributed by atoms with E-state index in [1.165, 1.54) is 12.8 Å². The summed E-state index contributed by atoms with van der Waals surface area (Å²) in [6.45, 7) is 6.25. The first-order valence-electron chi connectivity index (χ1n) is 6.24. The molecule has 0 saturated carbocycles. The zero-order valence-corrected chi connectivity index (χ0v) is 11.2. The lowest BCUT2D eigenvalue weighted by Gasteiger charge is -2.15. The molecule has 1 aromatic rings. The van der Waals surface area contributed by atoms with Gasteiger partial charge >= 0.3 is 0 Å². The van der Waals surface area contributed by atoms with Gasteiger partial charge in [-0.15, -0.1) is 0 Å². The summed E-state index contributed by atoms with van der Waals surface area (Å²) >= 11 is 0. The molecule has 94 valence electrons. The number of allylic oxidation sites excluding steroid dienone is 1. The first-order chi connectivity index (χ1) is 8.06. The highest BCUT2D eigenvalue weighted by molar-refractivity contribution is 5.71. The highest BCUT2D eigenvalue weighted by Crippen LogP contribution is 2.30. The van der Waals surface area contributed by atoms with Crippen molar-refractivity contribution < 1.29 is 5.11 Å². The van der Waals surface area contributed by atoms with Gasteiger partial charge in [0, 0.05) is 31.4 Å². The largest absolute Gasteiger partial charge is 0.507 e. The molecule has 0 bridgehead atoms. The van der Waals surface area contributed by atoms with Crippen molar-refractivity contribution in [1.29, 1.82) is 0 Å². The minimum atomic E-state index is 0.331.